The summed E-state index contributed by atoms with van der Waals surface area (Å²) in [6, 6.07) is 14.9. The lowest BCUT2D eigenvalue weighted by atomic mass is 9.72. The number of methoxy groups -OCH3 is 2. The van der Waals surface area contributed by atoms with Gasteiger partial charge in [-0.2, -0.15) is 0 Å². The lowest BCUT2D eigenvalue weighted by Gasteiger charge is -2.34. The fraction of sp³-hybridized carbons (Fsp3) is 0.333. The number of fused-ring (bicyclic) bond motifs is 2. The van der Waals surface area contributed by atoms with Crippen LogP contribution in [-0.4, -0.2) is 19.3 Å². The summed E-state index contributed by atoms with van der Waals surface area (Å²) in [7, 11) is 3.42. The Bertz CT molecular complexity index is 1110. The maximum Gasteiger partial charge on any atom is 0.123 e. The molecule has 156 valence electrons. The van der Waals surface area contributed by atoms with Crippen molar-refractivity contribution in [1.29, 1.82) is 0 Å². The van der Waals surface area contributed by atoms with Gasteiger partial charge in [-0.25, -0.2) is 0 Å². The van der Waals surface area contributed by atoms with Crippen molar-refractivity contribution >= 4 is 0 Å². The van der Waals surface area contributed by atoms with E-state index >= 15 is 0 Å². The predicted octanol–water partition coefficient (Wildman–Crippen LogP) is 5.71. The molecular formula is C27H30O3. The quantitative estimate of drug-likeness (QED) is 0.608. The molecule has 0 spiro atoms. The van der Waals surface area contributed by atoms with Crippen molar-refractivity contribution in [2.24, 2.45) is 0 Å². The Labute approximate surface area is 179 Å². The fourth-order valence-corrected chi connectivity index (χ4v) is 4.79. The van der Waals surface area contributed by atoms with Gasteiger partial charge in [0, 0.05) is 11.5 Å². The van der Waals surface area contributed by atoms with E-state index in [2.05, 4.69) is 57.2 Å². The van der Waals surface area contributed by atoms with E-state index < -0.39 is 6.10 Å². The van der Waals surface area contributed by atoms with Gasteiger partial charge in [-0.15, -0.1) is 0 Å². The molecule has 3 aromatic carbocycles. The molecule has 0 saturated heterocycles. The van der Waals surface area contributed by atoms with Crippen LogP contribution >= 0.6 is 0 Å². The highest BCUT2D eigenvalue weighted by atomic mass is 16.5. The molecule has 1 aliphatic rings. The molecule has 0 amide bonds. The van der Waals surface area contributed by atoms with Gasteiger partial charge in [-0.1, -0.05) is 24.3 Å². The smallest absolute Gasteiger partial charge is 0.123 e. The first-order chi connectivity index (χ1) is 14.3. The van der Waals surface area contributed by atoms with Crippen LogP contribution < -0.4 is 9.47 Å². The molecule has 3 aromatic rings. The van der Waals surface area contributed by atoms with Crippen LogP contribution in [0.5, 0.6) is 11.5 Å². The number of aliphatic hydroxyl groups is 1. The van der Waals surface area contributed by atoms with Crippen LogP contribution in [0.2, 0.25) is 0 Å². The van der Waals surface area contributed by atoms with Gasteiger partial charge in [0.15, 0.2) is 0 Å². The van der Waals surface area contributed by atoms with Gasteiger partial charge in [-0.05, 0) is 96.8 Å². The molecule has 2 atom stereocenters. The van der Waals surface area contributed by atoms with E-state index in [1.165, 1.54) is 27.8 Å². The summed E-state index contributed by atoms with van der Waals surface area (Å²) >= 11 is 0. The highest BCUT2D eigenvalue weighted by Crippen LogP contribution is 2.48. The zero-order valence-electron chi connectivity index (χ0n) is 18.7. The molecule has 0 aromatic heterocycles. The maximum atomic E-state index is 11.3. The summed E-state index contributed by atoms with van der Waals surface area (Å²) in [5.74, 6) is 1.81. The molecule has 0 radical (unpaired) electrons. The maximum absolute atomic E-state index is 11.3. The van der Waals surface area contributed by atoms with Crippen molar-refractivity contribution in [2.75, 3.05) is 14.2 Å². The molecule has 3 nitrogen and oxygen atoms in total. The van der Waals surface area contributed by atoms with Gasteiger partial charge in [0.25, 0.3) is 0 Å². The zero-order valence-corrected chi connectivity index (χ0v) is 18.7. The van der Waals surface area contributed by atoms with Crippen LogP contribution in [0.4, 0.5) is 0 Å². The molecule has 4 rings (SSSR count). The normalized spacial score (nSPS) is 17.3. The second kappa shape index (κ2) is 7.81. The summed E-state index contributed by atoms with van der Waals surface area (Å²) in [5.41, 5.74) is 10.1. The number of aryl methyl sites for hydroxylation is 4. The van der Waals surface area contributed by atoms with Crippen molar-refractivity contribution in [3.05, 3.63) is 92.5 Å². The third-order valence-corrected chi connectivity index (χ3v) is 6.34. The van der Waals surface area contributed by atoms with E-state index in [1.807, 2.05) is 13.0 Å². The van der Waals surface area contributed by atoms with Crippen LogP contribution in [-0.2, 0) is 6.42 Å². The van der Waals surface area contributed by atoms with E-state index in [0.29, 0.717) is 0 Å². The average Bonchev–Trinajstić information content (AvgIpc) is 2.71. The molecule has 0 aliphatic heterocycles. The highest BCUT2D eigenvalue weighted by molar-refractivity contribution is 5.60. The Kier molecular flexibility index (Phi) is 5.33. The Hall–Kier alpha value is -2.78. The van der Waals surface area contributed by atoms with Gasteiger partial charge in [-0.3, -0.25) is 0 Å². The van der Waals surface area contributed by atoms with Gasteiger partial charge in [0.05, 0.1) is 14.2 Å². The predicted molar refractivity (Wildman–Crippen MR) is 121 cm³/mol. The van der Waals surface area contributed by atoms with Crippen molar-refractivity contribution in [3.63, 3.8) is 0 Å². The first kappa shape index (κ1) is 20.5. The molecule has 2 unspecified atom stereocenters. The van der Waals surface area contributed by atoms with E-state index in [0.717, 1.165) is 40.2 Å². The van der Waals surface area contributed by atoms with Crippen LogP contribution in [0.1, 0.15) is 62.1 Å². The Morgan fingerprint density at radius 2 is 1.40 bits per heavy atom. The van der Waals surface area contributed by atoms with E-state index in [9.17, 15) is 5.11 Å². The van der Waals surface area contributed by atoms with Gasteiger partial charge >= 0.3 is 0 Å². The van der Waals surface area contributed by atoms with E-state index in [-0.39, 0.29) is 5.92 Å². The summed E-state index contributed by atoms with van der Waals surface area (Å²) in [6.07, 6.45) is 0.165. The largest absolute Gasteiger partial charge is 0.497 e. The number of benzene rings is 3. The van der Waals surface area contributed by atoms with Crippen LogP contribution in [0, 0.1) is 27.7 Å². The SMILES string of the molecule is COc1cc(C)cc(CC2c3cc(C)c(C)cc3C(O)c3cc(C)cc(OC)c32)c1. The number of hydrogen-bond acceptors (Lipinski definition) is 3. The van der Waals surface area contributed by atoms with Gasteiger partial charge in [0.2, 0.25) is 0 Å². The molecule has 0 heterocycles. The Morgan fingerprint density at radius 1 is 0.733 bits per heavy atom. The summed E-state index contributed by atoms with van der Waals surface area (Å²) < 4.78 is 11.3. The second-order valence-corrected chi connectivity index (χ2v) is 8.55. The van der Waals surface area contributed by atoms with E-state index in [1.54, 1.807) is 14.2 Å². The summed E-state index contributed by atoms with van der Waals surface area (Å²) in [6.45, 7) is 8.38. The van der Waals surface area contributed by atoms with Crippen molar-refractivity contribution in [3.8, 4) is 11.5 Å². The Balaban J connectivity index is 1.95. The van der Waals surface area contributed by atoms with Crippen molar-refractivity contribution in [1.82, 2.24) is 0 Å². The number of rotatable bonds is 4. The minimum Gasteiger partial charge on any atom is -0.497 e. The molecule has 1 N–H and O–H groups in total. The van der Waals surface area contributed by atoms with Gasteiger partial charge < -0.3 is 14.6 Å². The van der Waals surface area contributed by atoms with Gasteiger partial charge in [0.1, 0.15) is 17.6 Å². The molecule has 1 aliphatic carbocycles. The van der Waals surface area contributed by atoms with Crippen LogP contribution in [0.15, 0.2) is 42.5 Å². The molecule has 3 heteroatoms. The second-order valence-electron chi connectivity index (χ2n) is 8.55. The zero-order chi connectivity index (χ0) is 21.6. The monoisotopic (exact) mass is 402 g/mol. The number of aliphatic hydroxyl groups excluding tert-OH is 1. The standard InChI is InChI=1S/C27H30O3/c1-15-7-19(13-20(8-15)29-5)14-22-21-11-17(3)18(4)12-23(21)27(28)24-9-16(2)10-25(30-6)26(22)24/h7-13,22,27-28H,14H2,1-6H3. The highest BCUT2D eigenvalue weighted by Gasteiger charge is 2.34. The van der Waals surface area contributed by atoms with Crippen molar-refractivity contribution < 1.29 is 14.6 Å². The topological polar surface area (TPSA) is 38.7 Å². The van der Waals surface area contributed by atoms with Crippen LogP contribution in [0.3, 0.4) is 0 Å². The first-order valence-electron chi connectivity index (χ1n) is 10.4. The minimum absolute atomic E-state index is 0.0970. The summed E-state index contributed by atoms with van der Waals surface area (Å²) in [5, 5.41) is 11.3. The molecule has 0 bridgehead atoms. The van der Waals surface area contributed by atoms with Crippen molar-refractivity contribution in [2.45, 2.75) is 46.1 Å². The lowest BCUT2D eigenvalue weighted by molar-refractivity contribution is 0.212. The lowest BCUT2D eigenvalue weighted by Crippen LogP contribution is -2.21. The average molecular weight is 403 g/mol. The third-order valence-electron chi connectivity index (χ3n) is 6.34. The number of hydrogen-bond donors (Lipinski definition) is 1. The Morgan fingerprint density at radius 3 is 2.07 bits per heavy atom. The molecule has 0 fully saturated rings. The third kappa shape index (κ3) is 3.48. The molecule has 0 saturated carbocycles. The first-order valence-corrected chi connectivity index (χ1v) is 10.4. The molecule has 30 heavy (non-hydrogen) atoms. The summed E-state index contributed by atoms with van der Waals surface area (Å²) in [4.78, 5) is 0. The van der Waals surface area contributed by atoms with Crippen LogP contribution in [0.25, 0.3) is 0 Å². The van der Waals surface area contributed by atoms with E-state index in [4.69, 9.17) is 9.47 Å². The minimum atomic E-state index is -0.647. The fourth-order valence-electron chi connectivity index (χ4n) is 4.79. The number of ether oxygens (including phenoxy) is 2. The molecular weight excluding hydrogens is 372 g/mol.